The fraction of sp³-hybridized carbons (Fsp3) is 0.200. The standard InChI is InChI=1S/C20H18N2O3/c1-24-17-8-6-15(7-9-17)18-12-21-19(25-18)20(23)22-11-10-14-4-2-3-5-16(14)13-22/h2-9,12H,10-11,13H2,1H3. The zero-order chi connectivity index (χ0) is 17.2. The van der Waals surface area contributed by atoms with E-state index in [9.17, 15) is 4.79 Å². The maximum atomic E-state index is 12.7. The van der Waals surface area contributed by atoms with Crippen molar-refractivity contribution in [2.24, 2.45) is 0 Å². The number of hydrogen-bond donors (Lipinski definition) is 0. The molecule has 3 aromatic rings. The maximum absolute atomic E-state index is 12.7. The molecule has 0 fully saturated rings. The first-order valence-corrected chi connectivity index (χ1v) is 8.21. The van der Waals surface area contributed by atoms with Gasteiger partial charge in [-0.25, -0.2) is 4.98 Å². The molecule has 4 rings (SSSR count). The monoisotopic (exact) mass is 334 g/mol. The van der Waals surface area contributed by atoms with Gasteiger partial charge >= 0.3 is 5.91 Å². The third kappa shape index (κ3) is 3.01. The second-order valence-electron chi connectivity index (χ2n) is 6.00. The molecule has 1 aromatic heterocycles. The van der Waals surface area contributed by atoms with E-state index in [1.54, 1.807) is 18.2 Å². The Bertz CT molecular complexity index is 899. The Kier molecular flexibility index (Phi) is 3.98. The van der Waals surface area contributed by atoms with Gasteiger partial charge in [0.1, 0.15) is 5.75 Å². The number of ether oxygens (including phenoxy) is 1. The van der Waals surface area contributed by atoms with Crippen LogP contribution in [-0.4, -0.2) is 29.4 Å². The molecule has 0 spiro atoms. The summed E-state index contributed by atoms with van der Waals surface area (Å²) in [7, 11) is 1.62. The highest BCUT2D eigenvalue weighted by Crippen LogP contribution is 2.25. The van der Waals surface area contributed by atoms with Gasteiger partial charge in [-0.2, -0.15) is 0 Å². The summed E-state index contributed by atoms with van der Waals surface area (Å²) >= 11 is 0. The molecule has 0 saturated carbocycles. The largest absolute Gasteiger partial charge is 0.497 e. The van der Waals surface area contributed by atoms with Crippen molar-refractivity contribution in [1.29, 1.82) is 0 Å². The smallest absolute Gasteiger partial charge is 0.310 e. The van der Waals surface area contributed by atoms with Crippen molar-refractivity contribution >= 4 is 5.91 Å². The van der Waals surface area contributed by atoms with E-state index < -0.39 is 0 Å². The Balaban J connectivity index is 1.53. The number of benzene rings is 2. The lowest BCUT2D eigenvalue weighted by molar-refractivity contribution is 0.0695. The van der Waals surface area contributed by atoms with E-state index >= 15 is 0 Å². The van der Waals surface area contributed by atoms with E-state index in [0.29, 0.717) is 18.8 Å². The Labute approximate surface area is 145 Å². The zero-order valence-electron chi connectivity index (χ0n) is 13.9. The van der Waals surface area contributed by atoms with Crippen molar-refractivity contribution in [2.45, 2.75) is 13.0 Å². The van der Waals surface area contributed by atoms with Gasteiger partial charge in [0.2, 0.25) is 0 Å². The van der Waals surface area contributed by atoms with Crippen LogP contribution >= 0.6 is 0 Å². The van der Waals surface area contributed by atoms with Gasteiger partial charge in [-0.1, -0.05) is 24.3 Å². The van der Waals surface area contributed by atoms with Gasteiger partial charge in [-0.3, -0.25) is 4.79 Å². The van der Waals surface area contributed by atoms with Crippen LogP contribution in [0.1, 0.15) is 21.8 Å². The summed E-state index contributed by atoms with van der Waals surface area (Å²) in [6.07, 6.45) is 2.45. The molecule has 0 N–H and O–H groups in total. The Hall–Kier alpha value is -3.08. The average Bonchev–Trinajstić information content (AvgIpc) is 3.17. The van der Waals surface area contributed by atoms with Crippen LogP contribution in [0.3, 0.4) is 0 Å². The highest BCUT2D eigenvalue weighted by atomic mass is 16.5. The van der Waals surface area contributed by atoms with Crippen molar-refractivity contribution in [2.75, 3.05) is 13.7 Å². The number of oxazole rings is 1. The Morgan fingerprint density at radius 3 is 2.64 bits per heavy atom. The quantitative estimate of drug-likeness (QED) is 0.735. The van der Waals surface area contributed by atoms with Gasteiger partial charge in [0.05, 0.1) is 13.3 Å². The Morgan fingerprint density at radius 2 is 1.88 bits per heavy atom. The van der Waals surface area contributed by atoms with E-state index in [-0.39, 0.29) is 11.8 Å². The molecule has 0 atom stereocenters. The van der Waals surface area contributed by atoms with Crippen LogP contribution in [0.4, 0.5) is 0 Å². The van der Waals surface area contributed by atoms with Crippen LogP contribution in [0.25, 0.3) is 11.3 Å². The molecule has 2 aromatic carbocycles. The predicted octanol–water partition coefficient (Wildman–Crippen LogP) is 3.55. The molecule has 1 amide bonds. The van der Waals surface area contributed by atoms with E-state index in [2.05, 4.69) is 17.1 Å². The Morgan fingerprint density at radius 1 is 1.12 bits per heavy atom. The maximum Gasteiger partial charge on any atom is 0.310 e. The van der Waals surface area contributed by atoms with Crippen LogP contribution in [-0.2, 0) is 13.0 Å². The topological polar surface area (TPSA) is 55.6 Å². The molecule has 2 heterocycles. The summed E-state index contributed by atoms with van der Waals surface area (Å²) in [6, 6.07) is 15.7. The molecule has 25 heavy (non-hydrogen) atoms. The summed E-state index contributed by atoms with van der Waals surface area (Å²) in [4.78, 5) is 18.7. The van der Waals surface area contributed by atoms with Crippen LogP contribution in [0, 0.1) is 0 Å². The van der Waals surface area contributed by atoms with Crippen LogP contribution < -0.4 is 4.74 Å². The fourth-order valence-electron chi connectivity index (χ4n) is 3.07. The van der Waals surface area contributed by atoms with E-state index in [4.69, 9.17) is 9.15 Å². The summed E-state index contributed by atoms with van der Waals surface area (Å²) in [5, 5.41) is 0. The average molecular weight is 334 g/mol. The number of hydrogen-bond acceptors (Lipinski definition) is 4. The molecule has 5 heteroatoms. The first kappa shape index (κ1) is 15.4. The lowest BCUT2D eigenvalue weighted by Gasteiger charge is -2.27. The van der Waals surface area contributed by atoms with E-state index in [0.717, 1.165) is 17.7 Å². The molecule has 0 unspecified atom stereocenters. The molecule has 1 aliphatic heterocycles. The normalized spacial score (nSPS) is 13.4. The van der Waals surface area contributed by atoms with E-state index in [1.807, 2.05) is 36.4 Å². The molecule has 0 radical (unpaired) electrons. The highest BCUT2D eigenvalue weighted by molar-refractivity contribution is 5.90. The molecule has 5 nitrogen and oxygen atoms in total. The summed E-state index contributed by atoms with van der Waals surface area (Å²) in [5.74, 6) is 1.30. The number of carbonyl (C=O) groups is 1. The van der Waals surface area contributed by atoms with Crippen molar-refractivity contribution in [3.63, 3.8) is 0 Å². The van der Waals surface area contributed by atoms with Crippen molar-refractivity contribution in [3.05, 3.63) is 71.7 Å². The van der Waals surface area contributed by atoms with Gasteiger partial charge in [0, 0.05) is 18.7 Å². The highest BCUT2D eigenvalue weighted by Gasteiger charge is 2.25. The SMILES string of the molecule is COc1ccc(-c2cnc(C(=O)N3CCc4ccccc4C3)o2)cc1. The predicted molar refractivity (Wildman–Crippen MR) is 93.4 cm³/mol. The molecular weight excluding hydrogens is 316 g/mol. The molecule has 1 aliphatic rings. The second-order valence-corrected chi connectivity index (χ2v) is 6.00. The van der Waals surface area contributed by atoms with Crippen LogP contribution in [0.5, 0.6) is 5.75 Å². The number of methoxy groups -OCH3 is 1. The summed E-state index contributed by atoms with van der Waals surface area (Å²) < 4.78 is 10.9. The lowest BCUT2D eigenvalue weighted by atomic mass is 10.00. The molecule has 0 aliphatic carbocycles. The summed E-state index contributed by atoms with van der Waals surface area (Å²) in [5.41, 5.74) is 3.35. The minimum atomic E-state index is -0.172. The molecule has 0 bridgehead atoms. The van der Waals surface area contributed by atoms with Gasteiger partial charge in [0.25, 0.3) is 5.89 Å². The lowest BCUT2D eigenvalue weighted by Crippen LogP contribution is -2.36. The van der Waals surface area contributed by atoms with Crippen molar-refractivity contribution in [3.8, 4) is 17.1 Å². The van der Waals surface area contributed by atoms with Gasteiger partial charge in [-0.15, -0.1) is 0 Å². The van der Waals surface area contributed by atoms with Crippen LogP contribution in [0.2, 0.25) is 0 Å². The number of aromatic nitrogens is 1. The van der Waals surface area contributed by atoms with Gasteiger partial charge in [-0.05, 0) is 41.8 Å². The third-order valence-corrected chi connectivity index (χ3v) is 4.48. The first-order valence-electron chi connectivity index (χ1n) is 8.21. The molecule has 0 saturated heterocycles. The molecule has 126 valence electrons. The fourth-order valence-corrected chi connectivity index (χ4v) is 3.07. The number of amides is 1. The zero-order valence-corrected chi connectivity index (χ0v) is 13.9. The second kappa shape index (κ2) is 6.43. The van der Waals surface area contributed by atoms with Crippen LogP contribution in [0.15, 0.2) is 59.1 Å². The van der Waals surface area contributed by atoms with Gasteiger partial charge < -0.3 is 14.1 Å². The van der Waals surface area contributed by atoms with Crippen molar-refractivity contribution < 1.29 is 13.9 Å². The summed E-state index contributed by atoms with van der Waals surface area (Å²) in [6.45, 7) is 1.27. The number of carbonyl (C=O) groups excluding carboxylic acids is 1. The first-order chi connectivity index (χ1) is 12.2. The number of nitrogens with zero attached hydrogens (tertiary/aromatic N) is 2. The third-order valence-electron chi connectivity index (χ3n) is 4.48. The minimum absolute atomic E-state index is 0.130. The number of rotatable bonds is 3. The molecular formula is C20H18N2O3. The van der Waals surface area contributed by atoms with E-state index in [1.165, 1.54) is 11.1 Å². The number of fused-ring (bicyclic) bond motifs is 1. The minimum Gasteiger partial charge on any atom is -0.497 e. The van der Waals surface area contributed by atoms with Crippen molar-refractivity contribution in [1.82, 2.24) is 9.88 Å². The van der Waals surface area contributed by atoms with Gasteiger partial charge in [0.15, 0.2) is 5.76 Å².